The molecule has 0 aromatic carbocycles. The van der Waals surface area contributed by atoms with Gasteiger partial charge in [-0.3, -0.25) is 0 Å². The maximum Gasteiger partial charge on any atom is 0.104 e. The number of nitroso groups, excluding NO2 is 1. The Hall–Kier alpha value is -1.20. The quantitative estimate of drug-likeness (QED) is 0.0997. The van der Waals surface area contributed by atoms with Crippen molar-refractivity contribution in [2.24, 2.45) is 5.18 Å². The number of rotatable bonds is 30. The third-order valence-electron chi connectivity index (χ3n) is 5.96. The van der Waals surface area contributed by atoms with Crippen molar-refractivity contribution in [3.63, 3.8) is 0 Å². The molecular weight excluding hydrogens is 490 g/mol. The summed E-state index contributed by atoms with van der Waals surface area (Å²) in [6, 6.07) is 0. The van der Waals surface area contributed by atoms with Crippen molar-refractivity contribution in [3.8, 4) is 0 Å². The van der Waals surface area contributed by atoms with Gasteiger partial charge in [0.15, 0.2) is 0 Å². The Morgan fingerprint density at radius 3 is 2.03 bits per heavy atom. The topological polar surface area (TPSA) is 105 Å². The number of ether oxygens (including phenoxy) is 6. The first-order valence-corrected chi connectivity index (χ1v) is 14.6. The third kappa shape index (κ3) is 23.9. The lowest BCUT2D eigenvalue weighted by Crippen LogP contribution is -2.27. The van der Waals surface area contributed by atoms with E-state index in [9.17, 15) is 4.91 Å². The van der Waals surface area contributed by atoms with E-state index >= 15 is 0 Å². The van der Waals surface area contributed by atoms with E-state index in [-0.39, 0.29) is 12.7 Å². The van der Waals surface area contributed by atoms with Crippen LogP contribution < -0.4 is 0 Å². The average Bonchev–Trinajstić information content (AvgIpc) is 2.94. The molecule has 1 atom stereocenters. The molecule has 9 nitrogen and oxygen atoms in total. The summed E-state index contributed by atoms with van der Waals surface area (Å²) in [5.74, 6) is 0. The molecule has 9 heteroatoms. The molecule has 0 saturated heterocycles. The highest BCUT2D eigenvalue weighted by atomic mass is 16.6. The molecule has 0 bridgehead atoms. The fourth-order valence-corrected chi connectivity index (χ4v) is 3.79. The summed E-state index contributed by atoms with van der Waals surface area (Å²) in [7, 11) is 0. The molecular formula is C29H53NO8. The largest absolute Gasteiger partial charge is 0.396 e. The monoisotopic (exact) mass is 543 g/mol. The lowest BCUT2D eigenvalue weighted by Gasteiger charge is -2.18. The molecule has 0 saturated carbocycles. The molecule has 0 aromatic rings. The second-order valence-electron chi connectivity index (χ2n) is 9.44. The predicted octanol–water partition coefficient (Wildman–Crippen LogP) is 5.00. The minimum atomic E-state index is -0.0916. The summed E-state index contributed by atoms with van der Waals surface area (Å²) in [5, 5.41) is 11.7. The van der Waals surface area contributed by atoms with Gasteiger partial charge in [0.2, 0.25) is 0 Å². The van der Waals surface area contributed by atoms with E-state index in [1.807, 2.05) is 0 Å². The van der Waals surface area contributed by atoms with E-state index in [1.165, 1.54) is 5.57 Å². The van der Waals surface area contributed by atoms with E-state index in [2.05, 4.69) is 23.4 Å². The summed E-state index contributed by atoms with van der Waals surface area (Å²) < 4.78 is 34.4. The number of nitrogens with zero attached hydrogens (tertiary/aromatic N) is 1. The van der Waals surface area contributed by atoms with Crippen LogP contribution in [0.15, 0.2) is 29.0 Å². The number of allylic oxidation sites excluding steroid dienone is 2. The molecule has 0 radical (unpaired) electrons. The van der Waals surface area contributed by atoms with Crippen molar-refractivity contribution in [3.05, 3.63) is 28.7 Å². The maximum atomic E-state index is 10.1. The molecule has 0 aromatic heterocycles. The normalized spacial score (nSPS) is 14.1. The van der Waals surface area contributed by atoms with Crippen LogP contribution in [-0.4, -0.2) is 97.0 Å². The Morgan fingerprint density at radius 2 is 1.32 bits per heavy atom. The molecule has 1 rings (SSSR count). The third-order valence-corrected chi connectivity index (χ3v) is 5.96. The SMILES string of the molecule is O=NCCCCCCOC(COCCCCCCO)COCCCOCCOCCOCC1=CCCC=C1. The van der Waals surface area contributed by atoms with Crippen LogP contribution >= 0.6 is 0 Å². The van der Waals surface area contributed by atoms with Gasteiger partial charge in [-0.1, -0.05) is 49.1 Å². The Labute approximate surface area is 230 Å². The van der Waals surface area contributed by atoms with Crippen LogP contribution in [0.3, 0.4) is 0 Å². The standard InChI is InChI=1S/C29H53NO8/c31-16-9-2-4-10-17-35-26-29(38-20-11-3-1-8-15-30-32)27-36-19-12-18-33-21-22-34-23-24-37-25-28-13-6-5-7-14-28/h6,13-14,29,31H,1-5,7-12,15-27H2. The van der Waals surface area contributed by atoms with Crippen LogP contribution in [0.5, 0.6) is 0 Å². The first-order valence-electron chi connectivity index (χ1n) is 14.6. The fourth-order valence-electron chi connectivity index (χ4n) is 3.79. The summed E-state index contributed by atoms with van der Waals surface area (Å²) in [6.07, 6.45) is 17.2. The van der Waals surface area contributed by atoms with Crippen LogP contribution in [0, 0.1) is 4.91 Å². The van der Waals surface area contributed by atoms with Crippen LogP contribution in [-0.2, 0) is 28.4 Å². The smallest absolute Gasteiger partial charge is 0.104 e. The zero-order valence-corrected chi connectivity index (χ0v) is 23.5. The van der Waals surface area contributed by atoms with E-state index in [1.54, 1.807) is 0 Å². The van der Waals surface area contributed by atoms with Gasteiger partial charge in [-0.2, -0.15) is 4.91 Å². The predicted molar refractivity (Wildman–Crippen MR) is 150 cm³/mol. The molecule has 1 N–H and O–H groups in total. The van der Waals surface area contributed by atoms with Crippen LogP contribution in [0.4, 0.5) is 0 Å². The molecule has 38 heavy (non-hydrogen) atoms. The van der Waals surface area contributed by atoms with Crippen molar-refractivity contribution < 1.29 is 33.5 Å². The zero-order chi connectivity index (χ0) is 27.2. The zero-order valence-electron chi connectivity index (χ0n) is 23.5. The molecule has 0 aliphatic heterocycles. The Kier molecular flexibility index (Phi) is 26.4. The molecule has 1 aliphatic rings. The lowest BCUT2D eigenvalue weighted by atomic mass is 10.1. The first kappa shape index (κ1) is 34.8. The van der Waals surface area contributed by atoms with E-state index in [0.29, 0.717) is 79.2 Å². The van der Waals surface area contributed by atoms with Gasteiger partial charge >= 0.3 is 0 Å². The van der Waals surface area contributed by atoms with Gasteiger partial charge in [0, 0.05) is 33.0 Å². The van der Waals surface area contributed by atoms with Gasteiger partial charge in [-0.05, 0) is 50.5 Å². The van der Waals surface area contributed by atoms with Crippen molar-refractivity contribution in [1.82, 2.24) is 0 Å². The van der Waals surface area contributed by atoms with Gasteiger partial charge in [0.1, 0.15) is 6.10 Å². The van der Waals surface area contributed by atoms with Gasteiger partial charge < -0.3 is 33.5 Å². The van der Waals surface area contributed by atoms with Gasteiger partial charge in [-0.25, -0.2) is 0 Å². The minimum absolute atomic E-state index is 0.0916. The summed E-state index contributed by atoms with van der Waals surface area (Å²) in [5.41, 5.74) is 1.25. The molecule has 1 aliphatic carbocycles. The fraction of sp³-hybridized carbons (Fsp3) is 0.862. The highest BCUT2D eigenvalue weighted by molar-refractivity contribution is 5.22. The van der Waals surface area contributed by atoms with E-state index in [4.69, 9.17) is 33.5 Å². The summed E-state index contributed by atoms with van der Waals surface area (Å²) in [4.78, 5) is 10.1. The molecule has 1 unspecified atom stereocenters. The van der Waals surface area contributed by atoms with Crippen LogP contribution in [0.2, 0.25) is 0 Å². The van der Waals surface area contributed by atoms with Crippen molar-refractivity contribution in [1.29, 1.82) is 0 Å². The highest BCUT2D eigenvalue weighted by Crippen LogP contribution is 2.09. The molecule has 0 amide bonds. The first-order chi connectivity index (χ1) is 18.9. The second-order valence-corrected chi connectivity index (χ2v) is 9.44. The average molecular weight is 544 g/mol. The second kappa shape index (κ2) is 28.8. The molecule has 0 heterocycles. The lowest BCUT2D eigenvalue weighted by molar-refractivity contribution is -0.0636. The van der Waals surface area contributed by atoms with Gasteiger partial charge in [0.25, 0.3) is 0 Å². The number of hydrogen-bond donors (Lipinski definition) is 1. The van der Waals surface area contributed by atoms with Crippen molar-refractivity contribution in [2.45, 2.75) is 76.7 Å². The van der Waals surface area contributed by atoms with Crippen molar-refractivity contribution in [2.75, 3.05) is 85.8 Å². The van der Waals surface area contributed by atoms with Crippen molar-refractivity contribution >= 4 is 0 Å². The molecule has 0 fully saturated rings. The minimum Gasteiger partial charge on any atom is -0.396 e. The Balaban J connectivity index is 1.98. The van der Waals surface area contributed by atoms with Gasteiger partial charge in [-0.15, -0.1) is 0 Å². The number of aliphatic hydroxyl groups excluding tert-OH is 1. The number of hydrogen-bond acceptors (Lipinski definition) is 9. The summed E-state index contributed by atoms with van der Waals surface area (Å²) in [6.45, 7) is 7.20. The van der Waals surface area contributed by atoms with Crippen LogP contribution in [0.1, 0.15) is 70.6 Å². The molecule has 0 spiro atoms. The summed E-state index contributed by atoms with van der Waals surface area (Å²) >= 11 is 0. The van der Waals surface area contributed by atoms with E-state index < -0.39 is 0 Å². The van der Waals surface area contributed by atoms with Gasteiger partial charge in [0.05, 0.1) is 52.8 Å². The number of unbranched alkanes of at least 4 members (excludes halogenated alkanes) is 6. The maximum absolute atomic E-state index is 10.1. The Bertz CT molecular complexity index is 573. The van der Waals surface area contributed by atoms with Crippen LogP contribution in [0.25, 0.3) is 0 Å². The Morgan fingerprint density at radius 1 is 0.684 bits per heavy atom. The highest BCUT2D eigenvalue weighted by Gasteiger charge is 2.10. The number of aliphatic hydroxyl groups is 1. The van der Waals surface area contributed by atoms with E-state index in [0.717, 1.165) is 70.6 Å². The molecule has 222 valence electrons.